The first-order chi connectivity index (χ1) is 28.8. The van der Waals surface area contributed by atoms with Gasteiger partial charge in [0, 0.05) is 35.1 Å². The molecule has 4 aromatic carbocycles. The summed E-state index contributed by atoms with van der Waals surface area (Å²) in [5, 5.41) is 13.4. The fraction of sp³-hybridized carbons (Fsp3) is 0.0732. The van der Waals surface area contributed by atoms with Crippen LogP contribution in [0.2, 0.25) is 10.0 Å². The van der Waals surface area contributed by atoms with Crippen molar-refractivity contribution in [2.24, 2.45) is 0 Å². The van der Waals surface area contributed by atoms with Crippen molar-refractivity contribution in [3.8, 4) is 23.0 Å². The third-order valence-corrected chi connectivity index (χ3v) is 7.85. The van der Waals surface area contributed by atoms with Gasteiger partial charge in [0.15, 0.2) is 0 Å². The Hall–Kier alpha value is -7.38. The molecule has 2 heterocycles. The number of hydrogen-bond donors (Lipinski definition) is 5. The van der Waals surface area contributed by atoms with E-state index in [0.29, 0.717) is 29.3 Å². The zero-order valence-corrected chi connectivity index (χ0v) is 32.1. The number of nitrogens with zero attached hydrogens (tertiary/aromatic N) is 2. The zero-order valence-electron chi connectivity index (χ0n) is 30.6. The molecule has 6 N–H and O–H groups in total. The topological polar surface area (TPSA) is 195 Å². The molecule has 62 heavy (non-hydrogen) atoms. The van der Waals surface area contributed by atoms with Gasteiger partial charge >= 0.3 is 36.0 Å². The molecule has 13 nitrogen and oxygen atoms in total. The molecular formula is C41H32Cl2F6N6O7. The maximum atomic E-state index is 12.9. The van der Waals surface area contributed by atoms with E-state index in [1.165, 1.54) is 18.3 Å². The molecule has 0 spiro atoms. The average Bonchev–Trinajstić information content (AvgIpc) is 3.21. The number of anilines is 4. The summed E-state index contributed by atoms with van der Waals surface area (Å²) in [7, 11) is 0. The Labute approximate surface area is 358 Å². The van der Waals surface area contributed by atoms with Crippen molar-refractivity contribution in [2.75, 3.05) is 21.7 Å². The van der Waals surface area contributed by atoms with Crippen molar-refractivity contribution < 1.29 is 60.1 Å². The highest BCUT2D eigenvalue weighted by Crippen LogP contribution is 2.37. The second-order valence-corrected chi connectivity index (χ2v) is 12.5. The van der Waals surface area contributed by atoms with E-state index in [1.807, 2.05) is 24.3 Å². The largest absolute Gasteiger partial charge is 0.474 e. The van der Waals surface area contributed by atoms with Crippen molar-refractivity contribution in [3.05, 3.63) is 155 Å². The number of pyridine rings is 2. The number of hydrogen-bond acceptors (Lipinski definition) is 9. The Bertz CT molecular complexity index is 2450. The summed E-state index contributed by atoms with van der Waals surface area (Å²) in [6.45, 7) is 0. The van der Waals surface area contributed by atoms with Crippen LogP contribution < -0.4 is 31.2 Å². The molecule has 0 radical (unpaired) electrons. The first kappa shape index (κ1) is 49.0. The molecule has 324 valence electrons. The van der Waals surface area contributed by atoms with Crippen LogP contribution in [0.15, 0.2) is 134 Å². The Morgan fingerprint density at radius 1 is 0.548 bits per heavy atom. The molecule has 0 unspecified atom stereocenters. The van der Waals surface area contributed by atoms with Gasteiger partial charge < -0.3 is 36.3 Å². The molecule has 6 rings (SSSR count). The highest BCUT2D eigenvalue weighted by Gasteiger charge is 2.34. The van der Waals surface area contributed by atoms with Gasteiger partial charge in [0.25, 0.3) is 0 Å². The summed E-state index contributed by atoms with van der Waals surface area (Å²) in [4.78, 5) is 52.8. The molecular weight excluding hydrogens is 873 g/mol. The van der Waals surface area contributed by atoms with Crippen LogP contribution in [0, 0.1) is 0 Å². The molecule has 0 saturated carbocycles. The number of aromatic nitrogens is 2. The highest BCUT2D eigenvalue weighted by molar-refractivity contribution is 6.43. The fourth-order valence-corrected chi connectivity index (χ4v) is 4.88. The van der Waals surface area contributed by atoms with Gasteiger partial charge in [-0.1, -0.05) is 30.6 Å². The Balaban J connectivity index is 0.000000270. The number of rotatable bonds is 7. The monoisotopic (exact) mass is 904 g/mol. The number of carbonyl (C=O) groups is 4. The van der Waals surface area contributed by atoms with Crippen molar-refractivity contribution in [1.82, 2.24) is 9.97 Å². The lowest BCUT2D eigenvalue weighted by atomic mass is 10.2. The number of carboxylic acids is 1. The number of alkyl halides is 6. The molecule has 0 fully saturated rings. The second-order valence-electron chi connectivity index (χ2n) is 11.7. The van der Waals surface area contributed by atoms with Crippen molar-refractivity contribution in [2.45, 2.75) is 19.8 Å². The number of nitrogen functional groups attached to an aromatic ring is 1. The number of carbonyl (C=O) groups excluding carboxylic acids is 3. The average molecular weight is 906 g/mol. The standard InChI is InChI=1S/C20H13ClF3N3O3.C11H10N2O.C9H5ClF3NO3.CH4/c21-17-8-5-13(10-16(17)20(22,23)24)27-19(29)18(28)26-12-3-6-14(7-4-12)30-15-2-1-9-25-11-15;12-9-3-5-10(6-4-9)14-11-2-1-7-13-8-11;10-6-2-1-4(14-7(15)8(16)17)3-5(6)9(11,12)13;/h1-11H,(H,26,28)(H,27,29);1-8H,12H2;1-3H,(H,14,15)(H,16,17);1H4. The van der Waals surface area contributed by atoms with Gasteiger partial charge in [0.2, 0.25) is 0 Å². The van der Waals surface area contributed by atoms with Crippen LogP contribution in [0.25, 0.3) is 0 Å². The Morgan fingerprint density at radius 2 is 0.919 bits per heavy atom. The summed E-state index contributed by atoms with van der Waals surface area (Å²) < 4.78 is 87.0. The van der Waals surface area contributed by atoms with Crippen LogP contribution in [0.5, 0.6) is 23.0 Å². The number of ether oxygens (including phenoxy) is 2. The van der Waals surface area contributed by atoms with Gasteiger partial charge in [-0.05, 0) is 109 Å². The van der Waals surface area contributed by atoms with Gasteiger partial charge in [-0.3, -0.25) is 24.4 Å². The predicted molar refractivity (Wildman–Crippen MR) is 219 cm³/mol. The number of nitrogens with two attached hydrogens (primary N) is 1. The summed E-state index contributed by atoms with van der Waals surface area (Å²) in [5.74, 6) is -2.94. The Morgan fingerprint density at radius 3 is 1.29 bits per heavy atom. The molecule has 0 atom stereocenters. The molecule has 0 bridgehead atoms. The second kappa shape index (κ2) is 22.3. The summed E-state index contributed by atoms with van der Waals surface area (Å²) in [5.41, 5.74) is 3.79. The van der Waals surface area contributed by atoms with Crippen LogP contribution in [0.3, 0.4) is 0 Å². The van der Waals surface area contributed by atoms with Gasteiger partial charge in [-0.2, -0.15) is 26.3 Å². The normalized spacial score (nSPS) is 10.5. The van der Waals surface area contributed by atoms with Crippen LogP contribution in [0.4, 0.5) is 49.1 Å². The van der Waals surface area contributed by atoms with E-state index in [4.69, 9.17) is 43.5 Å². The summed E-state index contributed by atoms with van der Waals surface area (Å²) >= 11 is 10.9. The van der Waals surface area contributed by atoms with E-state index in [1.54, 1.807) is 60.3 Å². The predicted octanol–water partition coefficient (Wildman–Crippen LogP) is 10.6. The third-order valence-electron chi connectivity index (χ3n) is 7.19. The molecule has 0 aliphatic heterocycles. The number of aliphatic carboxylic acids is 1. The molecule has 0 saturated heterocycles. The lowest BCUT2D eigenvalue weighted by molar-refractivity contribution is -0.147. The lowest BCUT2D eigenvalue weighted by Crippen LogP contribution is -2.29. The molecule has 0 aliphatic rings. The van der Waals surface area contributed by atoms with E-state index >= 15 is 0 Å². The minimum absolute atomic E-state index is 0. The van der Waals surface area contributed by atoms with E-state index in [-0.39, 0.29) is 18.8 Å². The van der Waals surface area contributed by atoms with Gasteiger partial charge in [-0.25, -0.2) is 4.79 Å². The summed E-state index contributed by atoms with van der Waals surface area (Å²) in [6.07, 6.45) is -2.88. The minimum Gasteiger partial charge on any atom is -0.474 e. The quantitative estimate of drug-likeness (QED) is 0.0584. The number of carboxylic acid groups (broad SMARTS) is 1. The molecule has 0 aliphatic carbocycles. The highest BCUT2D eigenvalue weighted by atomic mass is 35.5. The first-order valence-corrected chi connectivity index (χ1v) is 17.6. The summed E-state index contributed by atoms with van der Waals surface area (Å²) in [6, 6.07) is 25.8. The Kier molecular flexibility index (Phi) is 17.6. The molecule has 2 aromatic heterocycles. The van der Waals surface area contributed by atoms with Crippen LogP contribution in [0.1, 0.15) is 18.6 Å². The van der Waals surface area contributed by atoms with Gasteiger partial charge in [-0.15, -0.1) is 0 Å². The SMILES string of the molecule is C.Nc1ccc(Oc2cccnc2)cc1.O=C(Nc1ccc(Oc2cccnc2)cc1)C(=O)Nc1ccc(Cl)c(C(F)(F)F)c1.O=C(O)C(=O)Nc1ccc(Cl)c(C(F)(F)F)c1. The maximum Gasteiger partial charge on any atom is 0.417 e. The van der Waals surface area contributed by atoms with Gasteiger partial charge in [0.05, 0.1) is 33.6 Å². The third kappa shape index (κ3) is 15.7. The number of benzene rings is 4. The molecule has 3 amide bonds. The van der Waals surface area contributed by atoms with Crippen LogP contribution >= 0.6 is 23.2 Å². The smallest absolute Gasteiger partial charge is 0.417 e. The lowest BCUT2D eigenvalue weighted by Gasteiger charge is -2.12. The minimum atomic E-state index is -4.69. The van der Waals surface area contributed by atoms with Crippen molar-refractivity contribution >= 4 is 69.6 Å². The van der Waals surface area contributed by atoms with E-state index in [2.05, 4.69) is 20.6 Å². The zero-order chi connectivity index (χ0) is 44.7. The van der Waals surface area contributed by atoms with Gasteiger partial charge in [0.1, 0.15) is 23.0 Å². The van der Waals surface area contributed by atoms with E-state index < -0.39 is 57.2 Å². The maximum absolute atomic E-state index is 12.9. The van der Waals surface area contributed by atoms with Crippen molar-refractivity contribution in [3.63, 3.8) is 0 Å². The van der Waals surface area contributed by atoms with E-state index in [9.17, 15) is 45.5 Å². The first-order valence-electron chi connectivity index (χ1n) is 16.8. The fourth-order valence-electron chi connectivity index (χ4n) is 4.43. The number of halogens is 8. The van der Waals surface area contributed by atoms with Crippen molar-refractivity contribution in [1.29, 1.82) is 0 Å². The number of amides is 3. The molecule has 6 aromatic rings. The number of nitrogens with one attached hydrogen (secondary N) is 3. The van der Waals surface area contributed by atoms with Crippen LogP contribution in [-0.2, 0) is 31.5 Å². The molecule has 21 heteroatoms. The van der Waals surface area contributed by atoms with E-state index in [0.717, 1.165) is 41.5 Å². The van der Waals surface area contributed by atoms with Crippen LogP contribution in [-0.4, -0.2) is 38.8 Å².